The maximum atomic E-state index is 11.6. The Kier molecular flexibility index (Phi) is 2.75. The summed E-state index contributed by atoms with van der Waals surface area (Å²) in [6.07, 6.45) is 0.130. The monoisotopic (exact) mass is 218 g/mol. The number of imide groups is 1. The molecule has 2 N–H and O–H groups in total. The molecule has 4 heteroatoms. The van der Waals surface area contributed by atoms with Crippen LogP contribution in [0.25, 0.3) is 0 Å². The van der Waals surface area contributed by atoms with E-state index in [1.807, 2.05) is 31.2 Å². The van der Waals surface area contributed by atoms with Crippen LogP contribution in [-0.4, -0.2) is 22.8 Å². The highest BCUT2D eigenvalue weighted by molar-refractivity contribution is 6.05. The fraction of sp³-hybridized carbons (Fsp3) is 0.333. The average Bonchev–Trinajstić information content (AvgIpc) is 2.48. The summed E-state index contributed by atoms with van der Waals surface area (Å²) in [7, 11) is 0. The molecule has 1 aliphatic rings. The number of hydrogen-bond acceptors (Lipinski definition) is 3. The van der Waals surface area contributed by atoms with Gasteiger partial charge in [0.2, 0.25) is 11.8 Å². The number of nitrogens with two attached hydrogens (primary N) is 1. The predicted molar refractivity (Wildman–Crippen MR) is 59.3 cm³/mol. The van der Waals surface area contributed by atoms with Crippen molar-refractivity contribution < 1.29 is 9.59 Å². The minimum Gasteiger partial charge on any atom is -0.319 e. The Morgan fingerprint density at radius 2 is 1.94 bits per heavy atom. The zero-order valence-electron chi connectivity index (χ0n) is 9.14. The Labute approximate surface area is 94.0 Å². The lowest BCUT2D eigenvalue weighted by molar-refractivity contribution is -0.139. The molecule has 1 aromatic rings. The van der Waals surface area contributed by atoms with Crippen molar-refractivity contribution in [2.45, 2.75) is 25.9 Å². The van der Waals surface area contributed by atoms with Crippen LogP contribution in [0.2, 0.25) is 0 Å². The Bertz CT molecular complexity index is 425. The van der Waals surface area contributed by atoms with Crippen LogP contribution in [0.15, 0.2) is 24.3 Å². The van der Waals surface area contributed by atoms with Crippen LogP contribution in [0, 0.1) is 6.92 Å². The highest BCUT2D eigenvalue weighted by Crippen LogP contribution is 2.15. The van der Waals surface area contributed by atoms with Crippen molar-refractivity contribution in [1.82, 2.24) is 4.90 Å². The van der Waals surface area contributed by atoms with Gasteiger partial charge in [-0.3, -0.25) is 14.5 Å². The highest BCUT2D eigenvalue weighted by atomic mass is 16.2. The lowest BCUT2D eigenvalue weighted by Gasteiger charge is -2.14. The molecule has 1 fully saturated rings. The fourth-order valence-corrected chi connectivity index (χ4v) is 1.75. The van der Waals surface area contributed by atoms with Gasteiger partial charge in [-0.1, -0.05) is 29.8 Å². The van der Waals surface area contributed by atoms with Gasteiger partial charge in [0.15, 0.2) is 0 Å². The minimum absolute atomic E-state index is 0.130. The summed E-state index contributed by atoms with van der Waals surface area (Å²) in [5.41, 5.74) is 7.62. The van der Waals surface area contributed by atoms with Crippen molar-refractivity contribution in [3.63, 3.8) is 0 Å². The molecular formula is C12H14N2O2. The number of carbonyl (C=O) groups excluding carboxylic acids is 2. The van der Waals surface area contributed by atoms with Crippen LogP contribution < -0.4 is 5.73 Å². The third-order valence-corrected chi connectivity index (χ3v) is 2.74. The van der Waals surface area contributed by atoms with E-state index in [0.717, 1.165) is 11.1 Å². The first-order valence-electron chi connectivity index (χ1n) is 5.23. The molecule has 0 spiro atoms. The van der Waals surface area contributed by atoms with Crippen molar-refractivity contribution in [1.29, 1.82) is 0 Å². The van der Waals surface area contributed by atoms with Crippen LogP contribution >= 0.6 is 0 Å². The number of benzene rings is 1. The number of amides is 2. The van der Waals surface area contributed by atoms with Crippen molar-refractivity contribution in [3.05, 3.63) is 35.4 Å². The van der Waals surface area contributed by atoms with Crippen LogP contribution in [0.4, 0.5) is 0 Å². The van der Waals surface area contributed by atoms with Gasteiger partial charge in [-0.15, -0.1) is 0 Å². The second-order valence-electron chi connectivity index (χ2n) is 4.11. The molecule has 4 nitrogen and oxygen atoms in total. The Hall–Kier alpha value is -1.68. The smallest absolute Gasteiger partial charge is 0.246 e. The molecule has 2 rings (SSSR count). The molecule has 0 unspecified atom stereocenters. The van der Waals surface area contributed by atoms with Gasteiger partial charge in [0.1, 0.15) is 0 Å². The lowest BCUT2D eigenvalue weighted by Crippen LogP contribution is -2.34. The van der Waals surface area contributed by atoms with Gasteiger partial charge in [-0.25, -0.2) is 0 Å². The molecule has 0 bridgehead atoms. The van der Waals surface area contributed by atoms with E-state index in [4.69, 9.17) is 5.73 Å². The molecule has 1 aromatic carbocycles. The van der Waals surface area contributed by atoms with Gasteiger partial charge in [0.25, 0.3) is 0 Å². The van der Waals surface area contributed by atoms with Crippen LogP contribution in [0.1, 0.15) is 17.5 Å². The van der Waals surface area contributed by atoms with Gasteiger partial charge in [-0.05, 0) is 12.5 Å². The zero-order valence-corrected chi connectivity index (χ0v) is 9.14. The topological polar surface area (TPSA) is 63.4 Å². The largest absolute Gasteiger partial charge is 0.319 e. The number of carbonyl (C=O) groups is 2. The Morgan fingerprint density at radius 1 is 1.31 bits per heavy atom. The average molecular weight is 218 g/mol. The van der Waals surface area contributed by atoms with E-state index in [2.05, 4.69) is 0 Å². The molecule has 0 aliphatic carbocycles. The van der Waals surface area contributed by atoms with Gasteiger partial charge in [-0.2, -0.15) is 0 Å². The van der Waals surface area contributed by atoms with E-state index in [9.17, 15) is 9.59 Å². The van der Waals surface area contributed by atoms with Crippen molar-refractivity contribution in [2.24, 2.45) is 5.73 Å². The Balaban J connectivity index is 2.13. The van der Waals surface area contributed by atoms with Crippen LogP contribution in [-0.2, 0) is 16.1 Å². The number of nitrogens with zero attached hydrogens (tertiary/aromatic N) is 1. The number of rotatable bonds is 2. The summed E-state index contributed by atoms with van der Waals surface area (Å²) in [6.45, 7) is 2.32. The zero-order chi connectivity index (χ0) is 11.7. The quantitative estimate of drug-likeness (QED) is 0.738. The molecule has 1 atom stereocenters. The van der Waals surface area contributed by atoms with E-state index >= 15 is 0 Å². The normalized spacial score (nSPS) is 20.6. The SMILES string of the molecule is Cc1ccc(CN2C(=O)C[C@H](N)C2=O)cc1. The first-order valence-corrected chi connectivity index (χ1v) is 5.23. The van der Waals surface area contributed by atoms with Crippen molar-refractivity contribution in [3.8, 4) is 0 Å². The third kappa shape index (κ3) is 1.97. The summed E-state index contributed by atoms with van der Waals surface area (Å²) in [4.78, 5) is 24.3. The first-order chi connectivity index (χ1) is 7.58. The molecular weight excluding hydrogens is 204 g/mol. The predicted octanol–water partition coefficient (Wildman–Crippen LogP) is 0.581. The van der Waals surface area contributed by atoms with Crippen molar-refractivity contribution in [2.75, 3.05) is 0 Å². The second kappa shape index (κ2) is 4.06. The Morgan fingerprint density at radius 3 is 2.44 bits per heavy atom. The summed E-state index contributed by atoms with van der Waals surface area (Å²) in [5, 5.41) is 0. The lowest BCUT2D eigenvalue weighted by atomic mass is 10.1. The molecule has 0 radical (unpaired) electrons. The number of aryl methyl sites for hydroxylation is 1. The maximum absolute atomic E-state index is 11.6. The van der Waals surface area contributed by atoms with E-state index in [0.29, 0.717) is 6.54 Å². The summed E-state index contributed by atoms with van der Waals surface area (Å²) in [6, 6.07) is 7.10. The molecule has 2 amide bonds. The van der Waals surface area contributed by atoms with E-state index < -0.39 is 6.04 Å². The molecule has 1 heterocycles. The number of likely N-dealkylation sites (tertiary alicyclic amines) is 1. The van der Waals surface area contributed by atoms with Crippen LogP contribution in [0.3, 0.4) is 0 Å². The van der Waals surface area contributed by atoms with Gasteiger partial charge < -0.3 is 5.73 Å². The summed E-state index contributed by atoms with van der Waals surface area (Å²) in [5.74, 6) is -0.455. The first kappa shape index (κ1) is 10.8. The van der Waals surface area contributed by atoms with Gasteiger partial charge in [0.05, 0.1) is 19.0 Å². The maximum Gasteiger partial charge on any atom is 0.246 e. The molecule has 1 saturated heterocycles. The molecule has 16 heavy (non-hydrogen) atoms. The van der Waals surface area contributed by atoms with Crippen LogP contribution in [0.5, 0.6) is 0 Å². The molecule has 1 aliphatic heterocycles. The standard InChI is InChI=1S/C12H14N2O2/c1-8-2-4-9(5-3-8)7-14-11(15)6-10(13)12(14)16/h2-5,10H,6-7,13H2,1H3/t10-/m0/s1. The molecule has 0 aromatic heterocycles. The van der Waals surface area contributed by atoms with Gasteiger partial charge in [0, 0.05) is 0 Å². The fourth-order valence-electron chi connectivity index (χ4n) is 1.75. The molecule has 84 valence electrons. The van der Waals surface area contributed by atoms with E-state index in [1.165, 1.54) is 4.90 Å². The second-order valence-corrected chi connectivity index (χ2v) is 4.11. The van der Waals surface area contributed by atoms with E-state index in [1.54, 1.807) is 0 Å². The summed E-state index contributed by atoms with van der Waals surface area (Å²) < 4.78 is 0. The van der Waals surface area contributed by atoms with Crippen molar-refractivity contribution >= 4 is 11.8 Å². The highest BCUT2D eigenvalue weighted by Gasteiger charge is 2.35. The summed E-state index contributed by atoms with van der Waals surface area (Å²) >= 11 is 0. The third-order valence-electron chi connectivity index (χ3n) is 2.74. The van der Waals surface area contributed by atoms with Gasteiger partial charge >= 0.3 is 0 Å². The molecule has 0 saturated carbocycles. The minimum atomic E-state index is -0.655. The van der Waals surface area contributed by atoms with E-state index in [-0.39, 0.29) is 18.2 Å². The number of hydrogen-bond donors (Lipinski definition) is 1.